The number of nitrogens with one attached hydrogen (secondary N) is 1. The van der Waals surface area contributed by atoms with Crippen molar-refractivity contribution in [3.63, 3.8) is 0 Å². The Balaban J connectivity index is 1.27. The minimum absolute atomic E-state index is 0.0113. The van der Waals surface area contributed by atoms with Crippen molar-refractivity contribution >= 4 is 28.7 Å². The van der Waals surface area contributed by atoms with Crippen molar-refractivity contribution in [3.05, 3.63) is 30.0 Å². The van der Waals surface area contributed by atoms with Crippen LogP contribution >= 0.6 is 0 Å². The predicted octanol–water partition coefficient (Wildman–Crippen LogP) is 2.46. The Morgan fingerprint density at radius 3 is 2.67 bits per heavy atom. The molecular formula is C22H26N4O4. The standard InChI is InChI=1S/C22H26N4O4/c1-3-25-20(28)18-12-22(13-26(18)21(25)29)6-8-24(9-7-22)19(27)17-10-14-4-5-15(30-2)11-16(14)23-17/h4-5,10-11,18,23H,3,6-9,12-13H2,1-2H3. The zero-order valence-corrected chi connectivity index (χ0v) is 17.3. The molecule has 0 aliphatic carbocycles. The number of rotatable bonds is 3. The molecule has 0 saturated carbocycles. The smallest absolute Gasteiger partial charge is 0.327 e. The van der Waals surface area contributed by atoms with Gasteiger partial charge in [0, 0.05) is 43.1 Å². The molecule has 3 fully saturated rings. The Bertz CT molecular complexity index is 1010. The molecule has 8 nitrogen and oxygen atoms in total. The van der Waals surface area contributed by atoms with Crippen LogP contribution in [0, 0.1) is 5.41 Å². The monoisotopic (exact) mass is 410 g/mol. The van der Waals surface area contributed by atoms with Gasteiger partial charge in [0.05, 0.1) is 7.11 Å². The molecule has 1 spiro atoms. The van der Waals surface area contributed by atoms with Crippen LogP contribution in [0.15, 0.2) is 24.3 Å². The summed E-state index contributed by atoms with van der Waals surface area (Å²) in [6.07, 6.45) is 2.33. The highest BCUT2D eigenvalue weighted by atomic mass is 16.5. The summed E-state index contributed by atoms with van der Waals surface area (Å²) >= 11 is 0. The van der Waals surface area contributed by atoms with Crippen LogP contribution in [0.1, 0.15) is 36.7 Å². The van der Waals surface area contributed by atoms with Gasteiger partial charge in [0.2, 0.25) is 0 Å². The van der Waals surface area contributed by atoms with E-state index >= 15 is 0 Å². The van der Waals surface area contributed by atoms with Crippen LogP contribution in [0.2, 0.25) is 0 Å². The Morgan fingerprint density at radius 2 is 2.00 bits per heavy atom. The third kappa shape index (κ3) is 2.77. The van der Waals surface area contributed by atoms with E-state index < -0.39 is 0 Å². The first-order chi connectivity index (χ1) is 14.4. The number of aromatic amines is 1. The number of carbonyl (C=O) groups excluding carboxylic acids is 3. The summed E-state index contributed by atoms with van der Waals surface area (Å²) in [6.45, 7) is 4.15. The van der Waals surface area contributed by atoms with Crippen LogP contribution in [0.5, 0.6) is 5.75 Å². The molecular weight excluding hydrogens is 384 g/mol. The highest BCUT2D eigenvalue weighted by molar-refractivity contribution is 6.04. The average molecular weight is 410 g/mol. The number of hydrogen-bond acceptors (Lipinski definition) is 4. The van der Waals surface area contributed by atoms with E-state index in [0.29, 0.717) is 38.3 Å². The molecule has 158 valence electrons. The molecule has 1 atom stereocenters. The highest BCUT2D eigenvalue weighted by Gasteiger charge is 2.56. The maximum absolute atomic E-state index is 13.0. The van der Waals surface area contributed by atoms with Crippen LogP contribution in [0.25, 0.3) is 10.9 Å². The summed E-state index contributed by atoms with van der Waals surface area (Å²) in [6, 6.07) is 7.11. The van der Waals surface area contributed by atoms with E-state index in [9.17, 15) is 14.4 Å². The van der Waals surface area contributed by atoms with E-state index in [2.05, 4.69) is 4.98 Å². The molecule has 0 bridgehead atoms. The lowest BCUT2D eigenvalue weighted by Gasteiger charge is -2.39. The molecule has 1 N–H and O–H groups in total. The van der Waals surface area contributed by atoms with Gasteiger partial charge < -0.3 is 19.5 Å². The minimum atomic E-state index is -0.316. The summed E-state index contributed by atoms with van der Waals surface area (Å²) in [5.41, 5.74) is 1.39. The van der Waals surface area contributed by atoms with Crippen molar-refractivity contribution in [1.82, 2.24) is 19.7 Å². The van der Waals surface area contributed by atoms with E-state index in [-0.39, 0.29) is 29.3 Å². The van der Waals surface area contributed by atoms with Crippen LogP contribution in [-0.4, -0.2) is 76.9 Å². The largest absolute Gasteiger partial charge is 0.497 e. The molecule has 3 saturated heterocycles. The van der Waals surface area contributed by atoms with Gasteiger partial charge in [0.1, 0.15) is 17.5 Å². The van der Waals surface area contributed by atoms with Gasteiger partial charge in [0.15, 0.2) is 0 Å². The first-order valence-electron chi connectivity index (χ1n) is 10.5. The quantitative estimate of drug-likeness (QED) is 0.788. The van der Waals surface area contributed by atoms with Gasteiger partial charge in [-0.1, -0.05) is 0 Å². The van der Waals surface area contributed by atoms with Gasteiger partial charge in [-0.2, -0.15) is 0 Å². The number of amides is 4. The van der Waals surface area contributed by atoms with Crippen LogP contribution in [0.4, 0.5) is 4.79 Å². The first kappa shape index (κ1) is 19.0. The minimum Gasteiger partial charge on any atom is -0.497 e. The number of imide groups is 1. The maximum atomic E-state index is 13.0. The lowest BCUT2D eigenvalue weighted by atomic mass is 9.76. The van der Waals surface area contributed by atoms with Crippen LogP contribution in [-0.2, 0) is 4.79 Å². The van der Waals surface area contributed by atoms with E-state index in [1.165, 1.54) is 4.90 Å². The molecule has 4 amide bonds. The van der Waals surface area contributed by atoms with Gasteiger partial charge in [-0.05, 0) is 49.8 Å². The number of fused-ring (bicyclic) bond motifs is 2. The van der Waals surface area contributed by atoms with Crippen molar-refractivity contribution in [2.24, 2.45) is 5.41 Å². The number of carbonyl (C=O) groups is 3. The molecule has 5 rings (SSSR count). The third-order valence-corrected chi connectivity index (χ3v) is 7.02. The number of ether oxygens (including phenoxy) is 1. The van der Waals surface area contributed by atoms with E-state index in [1.54, 1.807) is 12.0 Å². The van der Waals surface area contributed by atoms with E-state index in [0.717, 1.165) is 29.5 Å². The molecule has 3 aliphatic heterocycles. The zero-order valence-electron chi connectivity index (χ0n) is 17.3. The summed E-state index contributed by atoms with van der Waals surface area (Å²) in [5.74, 6) is 0.671. The van der Waals surface area contributed by atoms with Crippen molar-refractivity contribution in [2.75, 3.05) is 33.3 Å². The van der Waals surface area contributed by atoms with Crippen molar-refractivity contribution < 1.29 is 19.1 Å². The summed E-state index contributed by atoms with van der Waals surface area (Å²) in [5, 5.41) is 0.974. The second-order valence-corrected chi connectivity index (χ2v) is 8.64. The van der Waals surface area contributed by atoms with Gasteiger partial charge in [0.25, 0.3) is 11.8 Å². The van der Waals surface area contributed by atoms with Crippen molar-refractivity contribution in [1.29, 1.82) is 0 Å². The Kier molecular flexibility index (Phi) is 4.27. The fraction of sp³-hybridized carbons (Fsp3) is 0.500. The van der Waals surface area contributed by atoms with Gasteiger partial charge >= 0.3 is 6.03 Å². The van der Waals surface area contributed by atoms with Crippen LogP contribution < -0.4 is 4.74 Å². The fourth-order valence-corrected chi connectivity index (χ4v) is 5.26. The second-order valence-electron chi connectivity index (χ2n) is 8.64. The number of likely N-dealkylation sites (tertiary alicyclic amines) is 1. The zero-order chi connectivity index (χ0) is 21.0. The second kappa shape index (κ2) is 6.75. The molecule has 30 heavy (non-hydrogen) atoms. The number of urea groups is 1. The average Bonchev–Trinajstić information content (AvgIpc) is 3.40. The molecule has 3 aliphatic rings. The third-order valence-electron chi connectivity index (χ3n) is 7.02. The number of likely N-dealkylation sites (N-methyl/N-ethyl adjacent to an activating group) is 1. The topological polar surface area (TPSA) is 86.0 Å². The molecule has 1 unspecified atom stereocenters. The Labute approximate surface area is 174 Å². The van der Waals surface area contributed by atoms with E-state index in [4.69, 9.17) is 4.74 Å². The summed E-state index contributed by atoms with van der Waals surface area (Å²) < 4.78 is 5.25. The lowest BCUT2D eigenvalue weighted by molar-refractivity contribution is -0.128. The number of H-pyrrole nitrogens is 1. The molecule has 2 aromatic rings. The van der Waals surface area contributed by atoms with Gasteiger partial charge in [-0.25, -0.2) is 4.79 Å². The SMILES string of the molecule is CCN1C(=O)C2CC3(CCN(C(=O)c4cc5ccc(OC)cc5[nH]4)CC3)CN2C1=O. The number of methoxy groups -OCH3 is 1. The summed E-state index contributed by atoms with van der Waals surface area (Å²) in [7, 11) is 1.62. The lowest BCUT2D eigenvalue weighted by Crippen LogP contribution is -2.45. The van der Waals surface area contributed by atoms with E-state index in [1.807, 2.05) is 36.1 Å². The molecule has 1 aromatic carbocycles. The van der Waals surface area contributed by atoms with Crippen molar-refractivity contribution in [2.45, 2.75) is 32.2 Å². The number of hydrogen-bond donors (Lipinski definition) is 1. The number of aromatic nitrogens is 1. The number of benzene rings is 1. The van der Waals surface area contributed by atoms with Gasteiger partial charge in [-0.15, -0.1) is 0 Å². The fourth-order valence-electron chi connectivity index (χ4n) is 5.26. The Morgan fingerprint density at radius 1 is 1.23 bits per heavy atom. The predicted molar refractivity (Wildman–Crippen MR) is 110 cm³/mol. The molecule has 4 heterocycles. The molecule has 8 heteroatoms. The van der Waals surface area contributed by atoms with Crippen molar-refractivity contribution in [3.8, 4) is 5.75 Å². The highest BCUT2D eigenvalue weighted by Crippen LogP contribution is 2.46. The number of piperidine rings is 1. The van der Waals surface area contributed by atoms with Gasteiger partial charge in [-0.3, -0.25) is 14.5 Å². The number of nitrogens with zero attached hydrogens (tertiary/aromatic N) is 3. The van der Waals surface area contributed by atoms with Crippen LogP contribution in [0.3, 0.4) is 0 Å². The normalized spacial score (nSPS) is 23.0. The first-order valence-corrected chi connectivity index (χ1v) is 10.5. The summed E-state index contributed by atoms with van der Waals surface area (Å²) in [4.78, 5) is 46.2. The maximum Gasteiger partial charge on any atom is 0.327 e. The molecule has 1 aromatic heterocycles. The Hall–Kier alpha value is -3.03. The molecule has 0 radical (unpaired) electrons.